The number of cyclic esters (lactones) is 1. The van der Waals surface area contributed by atoms with Gasteiger partial charge in [-0.3, -0.25) is 0 Å². The summed E-state index contributed by atoms with van der Waals surface area (Å²) >= 11 is 0. The number of rotatable bonds is 8. The van der Waals surface area contributed by atoms with E-state index in [4.69, 9.17) is 4.74 Å². The Morgan fingerprint density at radius 3 is 2.28 bits per heavy atom. The van der Waals surface area contributed by atoms with Crippen LogP contribution in [0.3, 0.4) is 0 Å². The van der Waals surface area contributed by atoms with Gasteiger partial charge in [0, 0.05) is 12.2 Å². The number of aliphatic hydroxyl groups is 1. The van der Waals surface area contributed by atoms with Crippen LogP contribution in [0.15, 0.2) is 71.9 Å². The Labute approximate surface area is 173 Å². The minimum absolute atomic E-state index is 0.0183. The summed E-state index contributed by atoms with van der Waals surface area (Å²) in [4.78, 5) is 15.0. The third-order valence-electron chi connectivity index (χ3n) is 5.49. The second-order valence-electron chi connectivity index (χ2n) is 7.95. The molecule has 3 rings (SSSR count). The van der Waals surface area contributed by atoms with Crippen molar-refractivity contribution in [3.05, 3.63) is 77.5 Å². The van der Waals surface area contributed by atoms with Crippen LogP contribution in [0.4, 0.5) is 5.69 Å². The zero-order valence-corrected chi connectivity index (χ0v) is 17.5. The Hall–Kier alpha value is -2.59. The lowest BCUT2D eigenvalue weighted by Gasteiger charge is -2.37. The summed E-state index contributed by atoms with van der Waals surface area (Å²) < 4.78 is 5.37. The van der Waals surface area contributed by atoms with Gasteiger partial charge in [-0.1, -0.05) is 69.3 Å². The normalized spacial score (nSPS) is 18.0. The maximum Gasteiger partial charge on any atom is 0.355 e. The first kappa shape index (κ1) is 21.1. The van der Waals surface area contributed by atoms with E-state index in [-0.39, 0.29) is 24.4 Å². The molecule has 0 saturated carbocycles. The number of aliphatic hydroxyl groups excluding tert-OH is 1. The molecule has 0 aliphatic carbocycles. The average Bonchev–Trinajstić information content (AvgIpc) is 2.73. The van der Waals surface area contributed by atoms with E-state index < -0.39 is 6.10 Å². The van der Waals surface area contributed by atoms with E-state index in [0.717, 1.165) is 24.1 Å². The fourth-order valence-corrected chi connectivity index (χ4v) is 4.05. The molecule has 1 unspecified atom stereocenters. The molecule has 2 atom stereocenters. The number of ether oxygens (including phenoxy) is 1. The third kappa shape index (κ3) is 4.88. The van der Waals surface area contributed by atoms with Crippen molar-refractivity contribution in [1.29, 1.82) is 0 Å². The van der Waals surface area contributed by atoms with Crippen LogP contribution in [0.5, 0.6) is 0 Å². The van der Waals surface area contributed by atoms with E-state index >= 15 is 0 Å². The minimum atomic E-state index is -0.790. The number of carbonyl (C=O) groups excluding carboxylic acids is 1. The van der Waals surface area contributed by atoms with Crippen molar-refractivity contribution in [3.8, 4) is 0 Å². The number of hydrogen-bond donors (Lipinski definition) is 1. The molecule has 0 fully saturated rings. The lowest BCUT2D eigenvalue weighted by atomic mass is 9.79. The fraction of sp³-hybridized carbons (Fsp3) is 0.400. The fourth-order valence-electron chi connectivity index (χ4n) is 4.05. The number of hydrogen-bond acceptors (Lipinski definition) is 4. The molecule has 1 aliphatic heterocycles. The molecule has 4 heteroatoms. The number of carbonyl (C=O) groups is 1. The first-order valence-corrected chi connectivity index (χ1v) is 10.5. The molecule has 0 saturated heterocycles. The third-order valence-corrected chi connectivity index (χ3v) is 5.49. The zero-order valence-electron chi connectivity index (χ0n) is 17.5. The van der Waals surface area contributed by atoms with E-state index in [0.29, 0.717) is 12.2 Å². The maximum atomic E-state index is 13.0. The molecule has 1 aliphatic rings. The van der Waals surface area contributed by atoms with Gasteiger partial charge in [0.25, 0.3) is 0 Å². The van der Waals surface area contributed by atoms with Crippen LogP contribution < -0.4 is 4.90 Å². The predicted octanol–water partition coefficient (Wildman–Crippen LogP) is 4.59. The van der Waals surface area contributed by atoms with Crippen molar-refractivity contribution in [3.63, 3.8) is 0 Å². The summed E-state index contributed by atoms with van der Waals surface area (Å²) in [5.74, 6) is -0.0420. The molecule has 0 amide bonds. The van der Waals surface area contributed by atoms with Crippen molar-refractivity contribution < 1.29 is 14.6 Å². The Morgan fingerprint density at radius 2 is 1.69 bits per heavy atom. The van der Waals surface area contributed by atoms with E-state index in [1.165, 1.54) is 5.56 Å². The standard InChI is InChI=1S/C25H31NO3/c1-4-15-26(20-13-9-6-10-14-20)24-23(22(27)17-29-25(24)28)21(18(2)3)16-19-11-7-5-8-12-19/h5-14,18,21-22,27H,4,15-17H2,1-3H3/t21-,22?/m0/s1. The van der Waals surface area contributed by atoms with Crippen LogP contribution in [0, 0.1) is 11.8 Å². The molecule has 0 aromatic heterocycles. The molecule has 0 radical (unpaired) electrons. The average molecular weight is 394 g/mol. The molecular formula is C25H31NO3. The number of nitrogens with zero attached hydrogens (tertiary/aromatic N) is 1. The first-order valence-electron chi connectivity index (χ1n) is 10.5. The highest BCUT2D eigenvalue weighted by atomic mass is 16.5. The molecular weight excluding hydrogens is 362 g/mol. The molecule has 1 N–H and O–H groups in total. The lowest BCUT2D eigenvalue weighted by Crippen LogP contribution is -2.42. The van der Waals surface area contributed by atoms with Gasteiger partial charge >= 0.3 is 5.97 Å². The van der Waals surface area contributed by atoms with Crippen LogP contribution in [0.25, 0.3) is 0 Å². The second kappa shape index (κ2) is 9.75. The molecule has 1 heterocycles. The predicted molar refractivity (Wildman–Crippen MR) is 117 cm³/mol. The quantitative estimate of drug-likeness (QED) is 0.667. The smallest absolute Gasteiger partial charge is 0.355 e. The summed E-state index contributed by atoms with van der Waals surface area (Å²) in [6.07, 6.45) is 0.859. The Bertz CT molecular complexity index is 830. The molecule has 0 bridgehead atoms. The maximum absolute atomic E-state index is 13.0. The van der Waals surface area contributed by atoms with Crippen molar-refractivity contribution in [2.45, 2.75) is 39.7 Å². The van der Waals surface area contributed by atoms with Crippen LogP contribution in [0.1, 0.15) is 32.8 Å². The SMILES string of the molecule is CCCN(C1=C([C@@H](Cc2ccccc2)C(C)C)C(O)COC1=O)c1ccccc1. The van der Waals surface area contributed by atoms with Gasteiger partial charge < -0.3 is 14.7 Å². The van der Waals surface area contributed by atoms with Gasteiger partial charge in [0.1, 0.15) is 18.4 Å². The molecule has 2 aromatic rings. The van der Waals surface area contributed by atoms with Gasteiger partial charge in [-0.15, -0.1) is 0 Å². The number of para-hydroxylation sites is 1. The van der Waals surface area contributed by atoms with E-state index in [9.17, 15) is 9.90 Å². The summed E-state index contributed by atoms with van der Waals surface area (Å²) in [6, 6.07) is 20.1. The van der Waals surface area contributed by atoms with Crippen molar-refractivity contribution in [2.75, 3.05) is 18.1 Å². The first-order chi connectivity index (χ1) is 14.0. The number of benzene rings is 2. The molecule has 154 valence electrons. The summed E-state index contributed by atoms with van der Waals surface area (Å²) in [5, 5.41) is 11.0. The summed E-state index contributed by atoms with van der Waals surface area (Å²) in [6.45, 7) is 7.09. The van der Waals surface area contributed by atoms with Crippen LogP contribution in [-0.4, -0.2) is 30.3 Å². The van der Waals surface area contributed by atoms with Crippen LogP contribution in [0.2, 0.25) is 0 Å². The van der Waals surface area contributed by atoms with Crippen molar-refractivity contribution in [2.24, 2.45) is 11.8 Å². The Morgan fingerprint density at radius 1 is 1.07 bits per heavy atom. The number of esters is 1. The van der Waals surface area contributed by atoms with E-state index in [2.05, 4.69) is 32.9 Å². The van der Waals surface area contributed by atoms with Gasteiger partial charge in [0.05, 0.1) is 0 Å². The van der Waals surface area contributed by atoms with Crippen molar-refractivity contribution >= 4 is 11.7 Å². The highest BCUT2D eigenvalue weighted by Crippen LogP contribution is 2.35. The Kier molecular flexibility index (Phi) is 7.10. The van der Waals surface area contributed by atoms with Gasteiger partial charge in [0.2, 0.25) is 0 Å². The summed E-state index contributed by atoms with van der Waals surface area (Å²) in [5.41, 5.74) is 3.45. The molecule has 2 aromatic carbocycles. The van der Waals surface area contributed by atoms with Crippen LogP contribution in [-0.2, 0) is 16.0 Å². The van der Waals surface area contributed by atoms with Gasteiger partial charge in [-0.05, 0) is 47.9 Å². The largest absolute Gasteiger partial charge is 0.458 e. The van der Waals surface area contributed by atoms with E-state index in [1.54, 1.807) is 0 Å². The van der Waals surface area contributed by atoms with Gasteiger partial charge in [-0.25, -0.2) is 4.79 Å². The zero-order chi connectivity index (χ0) is 20.8. The summed E-state index contributed by atoms with van der Waals surface area (Å²) in [7, 11) is 0. The monoisotopic (exact) mass is 393 g/mol. The minimum Gasteiger partial charge on any atom is -0.458 e. The van der Waals surface area contributed by atoms with Crippen molar-refractivity contribution in [1.82, 2.24) is 0 Å². The second-order valence-corrected chi connectivity index (χ2v) is 7.95. The molecule has 29 heavy (non-hydrogen) atoms. The molecule has 4 nitrogen and oxygen atoms in total. The molecule has 0 spiro atoms. The highest BCUT2D eigenvalue weighted by Gasteiger charge is 2.37. The lowest BCUT2D eigenvalue weighted by molar-refractivity contribution is -0.143. The highest BCUT2D eigenvalue weighted by molar-refractivity contribution is 5.94. The van der Waals surface area contributed by atoms with Crippen LogP contribution >= 0.6 is 0 Å². The van der Waals surface area contributed by atoms with Gasteiger partial charge in [-0.2, -0.15) is 0 Å². The topological polar surface area (TPSA) is 49.8 Å². The number of anilines is 1. The Balaban J connectivity index is 2.12. The van der Waals surface area contributed by atoms with E-state index in [1.807, 2.05) is 53.4 Å². The van der Waals surface area contributed by atoms with Gasteiger partial charge in [0.15, 0.2) is 0 Å².